The van der Waals surface area contributed by atoms with Crippen molar-refractivity contribution >= 4 is 6.29 Å². The molecule has 0 unspecified atom stereocenters. The van der Waals surface area contributed by atoms with Gasteiger partial charge in [0.1, 0.15) is 12.6 Å². The molecule has 0 atom stereocenters. The second-order valence-electron chi connectivity index (χ2n) is 2.90. The molecular weight excluding hydrogens is 140 g/mol. The zero-order valence-electron chi connectivity index (χ0n) is 6.03. The summed E-state index contributed by atoms with van der Waals surface area (Å²) in [5.41, 5.74) is 0.733. The molecule has 2 rings (SSSR count). The second kappa shape index (κ2) is 2.12. The monoisotopic (exact) mass is 148 g/mol. The third-order valence-corrected chi connectivity index (χ3v) is 2.15. The molecule has 3 nitrogen and oxygen atoms in total. The van der Waals surface area contributed by atoms with Gasteiger partial charge in [-0.3, -0.25) is 0 Å². The van der Waals surface area contributed by atoms with Crippen molar-refractivity contribution in [1.82, 2.24) is 9.97 Å². The van der Waals surface area contributed by atoms with Crippen molar-refractivity contribution < 1.29 is 4.79 Å². The third-order valence-electron chi connectivity index (χ3n) is 2.15. The molecule has 1 aromatic heterocycles. The van der Waals surface area contributed by atoms with Crippen LogP contribution in [0.3, 0.4) is 0 Å². The van der Waals surface area contributed by atoms with Gasteiger partial charge in [-0.2, -0.15) is 0 Å². The van der Waals surface area contributed by atoms with Crippen molar-refractivity contribution in [2.45, 2.75) is 18.3 Å². The summed E-state index contributed by atoms with van der Waals surface area (Å²) in [6.45, 7) is 0. The first-order chi connectivity index (χ1) is 5.37. The van der Waals surface area contributed by atoms with Crippen LogP contribution >= 0.6 is 0 Å². The van der Waals surface area contributed by atoms with Gasteiger partial charge in [0.25, 0.3) is 0 Å². The number of carbonyl (C=O) groups excluding carboxylic acids is 1. The average molecular weight is 148 g/mol. The van der Waals surface area contributed by atoms with E-state index in [1.54, 1.807) is 12.4 Å². The predicted molar refractivity (Wildman–Crippen MR) is 39.0 cm³/mol. The normalized spacial score (nSPS) is 19.3. The van der Waals surface area contributed by atoms with E-state index in [1.165, 1.54) is 6.33 Å². The van der Waals surface area contributed by atoms with Crippen LogP contribution in [0.1, 0.15) is 18.4 Å². The molecule has 0 amide bonds. The number of aldehydes is 1. The Hall–Kier alpha value is -1.25. The highest BCUT2D eigenvalue weighted by molar-refractivity contribution is 5.72. The zero-order chi connectivity index (χ0) is 7.73. The third kappa shape index (κ3) is 0.926. The van der Waals surface area contributed by atoms with Crippen LogP contribution in [-0.2, 0) is 10.2 Å². The van der Waals surface area contributed by atoms with E-state index in [9.17, 15) is 4.79 Å². The maximum atomic E-state index is 10.6. The predicted octanol–water partition coefficient (Wildman–Crippen LogP) is 0.707. The summed E-state index contributed by atoms with van der Waals surface area (Å²) in [5, 5.41) is 0. The lowest BCUT2D eigenvalue weighted by Crippen LogP contribution is -2.08. The van der Waals surface area contributed by atoms with E-state index in [4.69, 9.17) is 0 Å². The minimum atomic E-state index is -0.221. The molecule has 1 heterocycles. The Balaban J connectivity index is 2.37. The maximum Gasteiger partial charge on any atom is 0.130 e. The van der Waals surface area contributed by atoms with Crippen molar-refractivity contribution in [3.63, 3.8) is 0 Å². The quantitative estimate of drug-likeness (QED) is 0.580. The van der Waals surface area contributed by atoms with Gasteiger partial charge in [-0.25, -0.2) is 9.97 Å². The number of carbonyl (C=O) groups is 1. The lowest BCUT2D eigenvalue weighted by molar-refractivity contribution is -0.109. The molecular formula is C8H8N2O. The van der Waals surface area contributed by atoms with Gasteiger partial charge >= 0.3 is 0 Å². The van der Waals surface area contributed by atoms with Crippen LogP contribution in [0.25, 0.3) is 0 Å². The minimum absolute atomic E-state index is 0.221. The molecule has 1 fully saturated rings. The van der Waals surface area contributed by atoms with Crippen LogP contribution in [-0.4, -0.2) is 16.3 Å². The van der Waals surface area contributed by atoms with E-state index in [1.807, 2.05) is 0 Å². The number of aromatic nitrogens is 2. The fourth-order valence-electron chi connectivity index (χ4n) is 1.17. The Labute approximate surface area is 64.5 Å². The van der Waals surface area contributed by atoms with Crippen molar-refractivity contribution in [2.24, 2.45) is 0 Å². The van der Waals surface area contributed by atoms with Crippen molar-refractivity contribution in [3.05, 3.63) is 24.3 Å². The lowest BCUT2D eigenvalue weighted by atomic mass is 10.0. The molecule has 0 aliphatic heterocycles. The second-order valence-corrected chi connectivity index (χ2v) is 2.90. The topological polar surface area (TPSA) is 42.9 Å². The number of nitrogens with zero attached hydrogens (tertiary/aromatic N) is 2. The van der Waals surface area contributed by atoms with Crippen LogP contribution in [0.2, 0.25) is 0 Å². The lowest BCUT2D eigenvalue weighted by Gasteiger charge is -2.03. The van der Waals surface area contributed by atoms with Crippen LogP contribution in [0.4, 0.5) is 0 Å². The first-order valence-electron chi connectivity index (χ1n) is 3.59. The maximum absolute atomic E-state index is 10.6. The van der Waals surface area contributed by atoms with Gasteiger partial charge in [-0.15, -0.1) is 0 Å². The molecule has 0 aromatic carbocycles. The van der Waals surface area contributed by atoms with E-state index in [0.29, 0.717) is 0 Å². The molecule has 0 N–H and O–H groups in total. The zero-order valence-corrected chi connectivity index (χ0v) is 6.03. The Morgan fingerprint density at radius 2 is 2.00 bits per heavy atom. The van der Waals surface area contributed by atoms with Crippen LogP contribution < -0.4 is 0 Å². The van der Waals surface area contributed by atoms with Crippen LogP contribution in [0, 0.1) is 0 Å². The first kappa shape index (κ1) is 6.46. The van der Waals surface area contributed by atoms with E-state index < -0.39 is 0 Å². The van der Waals surface area contributed by atoms with Gasteiger partial charge < -0.3 is 4.79 Å². The van der Waals surface area contributed by atoms with Crippen molar-refractivity contribution in [2.75, 3.05) is 0 Å². The van der Waals surface area contributed by atoms with Gasteiger partial charge in [-0.1, -0.05) is 0 Å². The molecule has 0 spiro atoms. The average Bonchev–Trinajstić information content (AvgIpc) is 2.86. The van der Waals surface area contributed by atoms with E-state index in [2.05, 4.69) is 9.97 Å². The summed E-state index contributed by atoms with van der Waals surface area (Å²) < 4.78 is 0. The van der Waals surface area contributed by atoms with Gasteiger partial charge in [-0.05, 0) is 12.8 Å². The summed E-state index contributed by atoms with van der Waals surface area (Å²) in [4.78, 5) is 18.4. The van der Waals surface area contributed by atoms with E-state index >= 15 is 0 Å². The minimum Gasteiger partial charge on any atom is -0.302 e. The SMILES string of the molecule is O=CC1(c2cncnc2)CC1. The molecule has 11 heavy (non-hydrogen) atoms. The summed E-state index contributed by atoms with van der Waals surface area (Å²) in [5.74, 6) is 0. The molecule has 1 aliphatic carbocycles. The van der Waals surface area contributed by atoms with Gasteiger partial charge in [0.15, 0.2) is 0 Å². The van der Waals surface area contributed by atoms with Crippen LogP contribution in [0.15, 0.2) is 18.7 Å². The Morgan fingerprint density at radius 1 is 1.36 bits per heavy atom. The molecule has 1 saturated carbocycles. The smallest absolute Gasteiger partial charge is 0.130 e. The summed E-state index contributed by atoms with van der Waals surface area (Å²) in [6, 6.07) is 0. The first-order valence-corrected chi connectivity index (χ1v) is 3.59. The molecule has 56 valence electrons. The summed E-state index contributed by atoms with van der Waals surface area (Å²) in [7, 11) is 0. The Morgan fingerprint density at radius 3 is 2.45 bits per heavy atom. The number of hydrogen-bond donors (Lipinski definition) is 0. The Bertz CT molecular complexity index is 267. The largest absolute Gasteiger partial charge is 0.302 e. The molecule has 1 aliphatic rings. The van der Waals surface area contributed by atoms with Gasteiger partial charge in [0, 0.05) is 18.0 Å². The fourth-order valence-corrected chi connectivity index (χ4v) is 1.17. The fraction of sp³-hybridized carbons (Fsp3) is 0.375. The number of rotatable bonds is 2. The molecule has 1 aromatic rings. The van der Waals surface area contributed by atoms with Crippen molar-refractivity contribution in [1.29, 1.82) is 0 Å². The highest BCUT2D eigenvalue weighted by Crippen LogP contribution is 2.45. The molecule has 3 heteroatoms. The standard InChI is InChI=1S/C8H8N2O/c11-5-8(1-2-8)7-3-9-6-10-4-7/h3-6H,1-2H2. The van der Waals surface area contributed by atoms with E-state index in [0.717, 1.165) is 24.7 Å². The van der Waals surface area contributed by atoms with Gasteiger partial charge in [0.05, 0.1) is 5.41 Å². The highest BCUT2D eigenvalue weighted by atomic mass is 16.1. The molecule has 0 saturated heterocycles. The summed E-state index contributed by atoms with van der Waals surface area (Å²) >= 11 is 0. The molecule has 0 bridgehead atoms. The number of hydrogen-bond acceptors (Lipinski definition) is 3. The summed E-state index contributed by atoms with van der Waals surface area (Å²) in [6.07, 6.45) is 7.81. The highest BCUT2D eigenvalue weighted by Gasteiger charge is 2.44. The van der Waals surface area contributed by atoms with Crippen LogP contribution in [0.5, 0.6) is 0 Å². The van der Waals surface area contributed by atoms with Gasteiger partial charge in [0.2, 0.25) is 0 Å². The molecule has 0 radical (unpaired) electrons. The van der Waals surface area contributed by atoms with Crippen molar-refractivity contribution in [3.8, 4) is 0 Å². The Kier molecular flexibility index (Phi) is 1.24. The van der Waals surface area contributed by atoms with E-state index in [-0.39, 0.29) is 5.41 Å².